The monoisotopic (exact) mass is 795 g/mol. The highest BCUT2D eigenvalue weighted by Gasteiger charge is 2.21. The molecular formula is C55H33N5S. The van der Waals surface area contributed by atoms with E-state index in [9.17, 15) is 0 Å². The van der Waals surface area contributed by atoms with E-state index in [0.717, 1.165) is 33.2 Å². The van der Waals surface area contributed by atoms with Crippen molar-refractivity contribution in [1.29, 1.82) is 0 Å². The average Bonchev–Trinajstić information content (AvgIpc) is 3.97. The molecule has 13 aromatic rings. The lowest BCUT2D eigenvalue weighted by Gasteiger charge is -2.15. The summed E-state index contributed by atoms with van der Waals surface area (Å²) in [6.45, 7) is 0. The van der Waals surface area contributed by atoms with Crippen LogP contribution < -0.4 is 0 Å². The molecule has 6 heteroatoms. The van der Waals surface area contributed by atoms with Gasteiger partial charge in [0.05, 0.1) is 27.8 Å². The maximum atomic E-state index is 5.12. The van der Waals surface area contributed by atoms with Crippen LogP contribution in [0.2, 0.25) is 0 Å². The molecule has 0 atom stereocenters. The Morgan fingerprint density at radius 2 is 0.820 bits per heavy atom. The van der Waals surface area contributed by atoms with E-state index < -0.39 is 0 Å². The standard InChI is InChI=1S/C55H33N5S/c1-3-15-34(16-4-1)53-56-54(35-17-5-2-6-18-35)58-55(57-53)43-29-30-49(38-20-8-7-19-37(38)43)60-48-26-14-11-23-41(48)44-32-45-42-28-27-36(31-51(42)61-52(45)33-50(44)60)59-46-24-12-9-21-39(46)40-22-10-13-25-47(40)59/h1-33H. The van der Waals surface area contributed by atoms with Gasteiger partial charge < -0.3 is 9.13 Å². The molecule has 0 amide bonds. The van der Waals surface area contributed by atoms with Crippen molar-refractivity contribution in [3.8, 4) is 45.5 Å². The van der Waals surface area contributed by atoms with Crippen LogP contribution in [0.3, 0.4) is 0 Å². The van der Waals surface area contributed by atoms with E-state index >= 15 is 0 Å². The first-order valence-electron chi connectivity index (χ1n) is 20.5. The molecule has 5 nitrogen and oxygen atoms in total. The fraction of sp³-hybridized carbons (Fsp3) is 0. The highest BCUT2D eigenvalue weighted by Crippen LogP contribution is 2.43. The summed E-state index contributed by atoms with van der Waals surface area (Å²) in [4.78, 5) is 15.2. The molecule has 0 aliphatic carbocycles. The van der Waals surface area contributed by atoms with E-state index in [-0.39, 0.29) is 0 Å². The van der Waals surface area contributed by atoms with Crippen LogP contribution in [-0.2, 0) is 0 Å². The number of para-hydroxylation sites is 3. The minimum atomic E-state index is 0.643. The van der Waals surface area contributed by atoms with E-state index in [1.807, 2.05) is 47.7 Å². The van der Waals surface area contributed by atoms with E-state index in [0.29, 0.717) is 17.5 Å². The topological polar surface area (TPSA) is 48.5 Å². The highest BCUT2D eigenvalue weighted by atomic mass is 32.1. The third kappa shape index (κ3) is 5.22. The first kappa shape index (κ1) is 34.0. The number of nitrogens with zero attached hydrogens (tertiary/aromatic N) is 5. The van der Waals surface area contributed by atoms with Crippen molar-refractivity contribution < 1.29 is 0 Å². The molecule has 0 radical (unpaired) electrons. The van der Waals surface area contributed by atoms with Gasteiger partial charge in [0.25, 0.3) is 0 Å². The lowest BCUT2D eigenvalue weighted by atomic mass is 10.0. The fourth-order valence-electron chi connectivity index (χ4n) is 9.43. The largest absolute Gasteiger partial charge is 0.309 e. The summed E-state index contributed by atoms with van der Waals surface area (Å²) in [5.74, 6) is 1.94. The Balaban J connectivity index is 1.01. The number of hydrogen-bond acceptors (Lipinski definition) is 4. The maximum absolute atomic E-state index is 5.12. The van der Waals surface area contributed by atoms with E-state index in [2.05, 4.69) is 173 Å². The van der Waals surface area contributed by atoms with Gasteiger partial charge in [0.15, 0.2) is 17.5 Å². The molecule has 0 fully saturated rings. The summed E-state index contributed by atoms with van der Waals surface area (Å²) >= 11 is 1.87. The lowest BCUT2D eigenvalue weighted by molar-refractivity contribution is 1.08. The molecule has 9 aromatic carbocycles. The van der Waals surface area contributed by atoms with Gasteiger partial charge in [0, 0.05) is 69.5 Å². The zero-order valence-electron chi connectivity index (χ0n) is 32.7. The zero-order valence-corrected chi connectivity index (χ0v) is 33.5. The van der Waals surface area contributed by atoms with Crippen LogP contribution in [0.4, 0.5) is 0 Å². The van der Waals surface area contributed by atoms with Crippen molar-refractivity contribution in [2.45, 2.75) is 0 Å². The Bertz CT molecular complexity index is 3770. The number of fused-ring (bicyclic) bond motifs is 10. The normalized spacial score (nSPS) is 11.9. The summed E-state index contributed by atoms with van der Waals surface area (Å²) in [6.07, 6.45) is 0. The van der Waals surface area contributed by atoms with Crippen LogP contribution in [0.15, 0.2) is 200 Å². The molecule has 0 N–H and O–H groups in total. The van der Waals surface area contributed by atoms with Gasteiger partial charge in [-0.3, -0.25) is 0 Å². The summed E-state index contributed by atoms with van der Waals surface area (Å²) in [5.41, 5.74) is 9.93. The van der Waals surface area contributed by atoms with Crippen molar-refractivity contribution in [3.63, 3.8) is 0 Å². The SMILES string of the molecule is c1ccc(-c2nc(-c3ccccc3)nc(-c3ccc(-n4c5ccccc5c5cc6c(cc54)sc4cc(-n5c7ccccc7c7ccccc75)ccc46)c4ccccc34)n2)cc1. The third-order valence-corrected chi connectivity index (χ3v) is 13.3. The molecule has 13 rings (SSSR count). The summed E-state index contributed by atoms with van der Waals surface area (Å²) in [5, 5.41) is 9.77. The van der Waals surface area contributed by atoms with Crippen LogP contribution in [0.5, 0.6) is 0 Å². The summed E-state index contributed by atoms with van der Waals surface area (Å²) in [7, 11) is 0. The van der Waals surface area contributed by atoms with Gasteiger partial charge in [-0.15, -0.1) is 11.3 Å². The Morgan fingerprint density at radius 3 is 1.46 bits per heavy atom. The van der Waals surface area contributed by atoms with Crippen molar-refractivity contribution in [3.05, 3.63) is 200 Å². The first-order chi connectivity index (χ1) is 30.2. The quantitative estimate of drug-likeness (QED) is 0.174. The Morgan fingerprint density at radius 1 is 0.311 bits per heavy atom. The van der Waals surface area contributed by atoms with Gasteiger partial charge in [0.1, 0.15) is 0 Å². The highest BCUT2D eigenvalue weighted by molar-refractivity contribution is 7.25. The van der Waals surface area contributed by atoms with Crippen molar-refractivity contribution in [2.24, 2.45) is 0 Å². The lowest BCUT2D eigenvalue weighted by Crippen LogP contribution is -2.01. The molecule has 4 aromatic heterocycles. The van der Waals surface area contributed by atoms with Gasteiger partial charge in [-0.2, -0.15) is 0 Å². The Labute approximate surface area is 354 Å². The first-order valence-corrected chi connectivity index (χ1v) is 21.3. The molecule has 0 unspecified atom stereocenters. The molecule has 0 saturated carbocycles. The smallest absolute Gasteiger partial charge is 0.164 e. The Kier molecular flexibility index (Phi) is 7.41. The zero-order chi connectivity index (χ0) is 40.0. The van der Waals surface area contributed by atoms with Crippen LogP contribution in [0.25, 0.3) is 120 Å². The van der Waals surface area contributed by atoms with Crippen molar-refractivity contribution in [1.82, 2.24) is 24.1 Å². The van der Waals surface area contributed by atoms with Crippen molar-refractivity contribution >= 4 is 85.9 Å². The molecule has 4 heterocycles. The number of hydrogen-bond donors (Lipinski definition) is 0. The minimum absolute atomic E-state index is 0.643. The van der Waals surface area contributed by atoms with Gasteiger partial charge >= 0.3 is 0 Å². The van der Waals surface area contributed by atoms with Crippen LogP contribution >= 0.6 is 11.3 Å². The summed E-state index contributed by atoms with van der Waals surface area (Å²) in [6, 6.07) is 71.4. The van der Waals surface area contributed by atoms with Gasteiger partial charge in [0.2, 0.25) is 0 Å². The predicted octanol–water partition coefficient (Wildman–Crippen LogP) is 14.6. The number of benzene rings is 9. The number of thiophene rings is 1. The van der Waals surface area contributed by atoms with Gasteiger partial charge in [-0.05, 0) is 60.0 Å². The molecule has 284 valence electrons. The Hall–Kier alpha value is -7.93. The van der Waals surface area contributed by atoms with Crippen LogP contribution in [-0.4, -0.2) is 24.1 Å². The van der Waals surface area contributed by atoms with Crippen LogP contribution in [0.1, 0.15) is 0 Å². The molecular weight excluding hydrogens is 763 g/mol. The second-order valence-electron chi connectivity index (χ2n) is 15.6. The van der Waals surface area contributed by atoms with Crippen LogP contribution in [0, 0.1) is 0 Å². The van der Waals surface area contributed by atoms with Crippen molar-refractivity contribution in [2.75, 3.05) is 0 Å². The maximum Gasteiger partial charge on any atom is 0.164 e. The fourth-order valence-corrected chi connectivity index (χ4v) is 10.6. The second-order valence-corrected chi connectivity index (χ2v) is 16.7. The molecule has 0 saturated heterocycles. The number of aromatic nitrogens is 5. The van der Waals surface area contributed by atoms with E-state index in [4.69, 9.17) is 15.0 Å². The average molecular weight is 796 g/mol. The second kappa shape index (κ2) is 13.3. The predicted molar refractivity (Wildman–Crippen MR) is 255 cm³/mol. The van der Waals surface area contributed by atoms with Gasteiger partial charge in [-0.25, -0.2) is 15.0 Å². The summed E-state index contributed by atoms with van der Waals surface area (Å²) < 4.78 is 7.39. The molecule has 0 spiro atoms. The van der Waals surface area contributed by atoms with E-state index in [1.165, 1.54) is 69.5 Å². The van der Waals surface area contributed by atoms with Gasteiger partial charge in [-0.1, -0.05) is 146 Å². The molecule has 0 aliphatic heterocycles. The minimum Gasteiger partial charge on any atom is -0.309 e. The number of rotatable bonds is 5. The molecule has 0 aliphatic rings. The molecule has 61 heavy (non-hydrogen) atoms. The van der Waals surface area contributed by atoms with E-state index in [1.54, 1.807) is 0 Å². The third-order valence-electron chi connectivity index (χ3n) is 12.2. The molecule has 0 bridgehead atoms.